The minimum atomic E-state index is -1.42. The van der Waals surface area contributed by atoms with Crippen molar-refractivity contribution in [3.05, 3.63) is 100 Å². The number of esters is 1. The van der Waals surface area contributed by atoms with Gasteiger partial charge in [0.2, 0.25) is 0 Å². The molecule has 0 heterocycles. The summed E-state index contributed by atoms with van der Waals surface area (Å²) in [5, 5.41) is 8.72. The molecule has 0 N–H and O–H groups in total. The van der Waals surface area contributed by atoms with Crippen LogP contribution < -0.4 is 4.74 Å². The predicted molar refractivity (Wildman–Crippen MR) is 127 cm³/mol. The molecule has 0 bridgehead atoms. The summed E-state index contributed by atoms with van der Waals surface area (Å²) in [4.78, 5) is 12.4. The fourth-order valence-electron chi connectivity index (χ4n) is 5.05. The quantitative estimate of drug-likeness (QED) is 0.199. The molecule has 0 unspecified atom stereocenters. The van der Waals surface area contributed by atoms with Crippen molar-refractivity contribution in [3.8, 4) is 11.8 Å². The summed E-state index contributed by atoms with van der Waals surface area (Å²) >= 11 is 0. The number of rotatable bonds is 6. The molecule has 0 radical (unpaired) electrons. The summed E-state index contributed by atoms with van der Waals surface area (Å²) < 4.78 is 61.9. The van der Waals surface area contributed by atoms with Gasteiger partial charge >= 0.3 is 5.97 Å². The molecule has 1 aliphatic carbocycles. The lowest BCUT2D eigenvalue weighted by atomic mass is 9.75. The molecule has 3 aromatic carbocycles. The predicted octanol–water partition coefficient (Wildman–Crippen LogP) is 7.80. The Balaban J connectivity index is 1.41. The van der Waals surface area contributed by atoms with Gasteiger partial charge in [-0.3, -0.25) is 0 Å². The van der Waals surface area contributed by atoms with Crippen LogP contribution in [-0.4, -0.2) is 5.97 Å². The minimum absolute atomic E-state index is 0.0240. The highest BCUT2D eigenvalue weighted by atomic mass is 19.1. The smallest absolute Gasteiger partial charge is 0.349 e. The maximum absolute atomic E-state index is 14.8. The van der Waals surface area contributed by atoms with E-state index in [9.17, 15) is 22.4 Å². The monoisotopic (exact) mass is 495 g/mol. The summed E-state index contributed by atoms with van der Waals surface area (Å²) in [6.07, 6.45) is 4.54. The average molecular weight is 496 g/mol. The number of hydrogen-bond donors (Lipinski definition) is 0. The molecular weight excluding hydrogens is 470 g/mol. The van der Waals surface area contributed by atoms with E-state index in [1.807, 2.05) is 18.2 Å². The second kappa shape index (κ2) is 10.9. The number of carbonyl (C=O) groups is 1. The van der Waals surface area contributed by atoms with E-state index in [1.54, 1.807) is 0 Å². The van der Waals surface area contributed by atoms with Gasteiger partial charge < -0.3 is 4.74 Å². The molecule has 1 fully saturated rings. The van der Waals surface area contributed by atoms with Crippen LogP contribution in [0.2, 0.25) is 0 Å². The lowest BCUT2D eigenvalue weighted by Gasteiger charge is -2.30. The normalized spacial score (nSPS) is 18.3. The number of nitriles is 1. The first-order valence-corrected chi connectivity index (χ1v) is 11.9. The molecule has 3 nitrogen and oxygen atoms in total. The van der Waals surface area contributed by atoms with Crippen molar-refractivity contribution < 1.29 is 27.1 Å². The largest absolute Gasteiger partial charge is 0.423 e. The van der Waals surface area contributed by atoms with Gasteiger partial charge in [0.1, 0.15) is 46.2 Å². The number of carbonyl (C=O) groups excluding carboxylic acids is 1. The molecule has 4 rings (SSSR count). The Morgan fingerprint density at radius 2 is 1.53 bits per heavy atom. The third kappa shape index (κ3) is 5.59. The number of nitrogens with zero attached hydrogens (tertiary/aromatic N) is 1. The first-order chi connectivity index (χ1) is 17.3. The van der Waals surface area contributed by atoms with Crippen molar-refractivity contribution in [2.75, 3.05) is 0 Å². The van der Waals surface area contributed by atoms with E-state index in [0.717, 1.165) is 44.2 Å². The number of hydrogen-bond acceptors (Lipinski definition) is 3. The lowest BCUT2D eigenvalue weighted by Crippen LogP contribution is -2.17. The summed E-state index contributed by atoms with van der Waals surface area (Å²) in [6.45, 7) is 2.21. The number of halogens is 4. The highest BCUT2D eigenvalue weighted by Gasteiger charge is 2.28. The third-order valence-corrected chi connectivity index (χ3v) is 6.98. The van der Waals surface area contributed by atoms with E-state index < -0.39 is 46.1 Å². The lowest BCUT2D eigenvalue weighted by molar-refractivity contribution is 0.0723. The Labute approximate surface area is 207 Å². The Bertz CT molecular complexity index is 1250. The molecule has 36 heavy (non-hydrogen) atoms. The second-order valence-corrected chi connectivity index (χ2v) is 9.39. The molecule has 1 saturated carbocycles. The third-order valence-electron chi connectivity index (χ3n) is 6.98. The fraction of sp³-hybridized carbons (Fsp3) is 0.310. The van der Waals surface area contributed by atoms with Gasteiger partial charge in [0.05, 0.1) is 0 Å². The first kappa shape index (κ1) is 25.4. The molecule has 0 aromatic heterocycles. The summed E-state index contributed by atoms with van der Waals surface area (Å²) in [5.74, 6) is -5.74. The molecule has 0 spiro atoms. The first-order valence-electron chi connectivity index (χ1n) is 11.9. The van der Waals surface area contributed by atoms with Crippen LogP contribution in [0.1, 0.15) is 77.9 Å². The van der Waals surface area contributed by atoms with Gasteiger partial charge in [-0.1, -0.05) is 37.3 Å². The van der Waals surface area contributed by atoms with Crippen LogP contribution in [-0.2, 0) is 0 Å². The van der Waals surface area contributed by atoms with Gasteiger partial charge in [0.25, 0.3) is 0 Å². The highest BCUT2D eigenvalue weighted by Crippen LogP contribution is 2.40. The Kier molecular flexibility index (Phi) is 7.73. The van der Waals surface area contributed by atoms with Crippen LogP contribution in [0.5, 0.6) is 5.75 Å². The molecule has 7 heteroatoms. The van der Waals surface area contributed by atoms with Crippen LogP contribution >= 0.6 is 0 Å². The summed E-state index contributed by atoms with van der Waals surface area (Å²) in [6, 6.07) is 15.2. The average Bonchev–Trinajstić information content (AvgIpc) is 2.84. The molecule has 186 valence electrons. The van der Waals surface area contributed by atoms with Crippen molar-refractivity contribution in [1.29, 1.82) is 5.26 Å². The molecule has 3 aromatic rings. The zero-order chi connectivity index (χ0) is 25.8. The molecule has 1 atom stereocenters. The van der Waals surface area contributed by atoms with Crippen molar-refractivity contribution >= 4 is 5.97 Å². The van der Waals surface area contributed by atoms with Crippen LogP contribution in [0.15, 0.2) is 54.6 Å². The molecule has 0 saturated heterocycles. The molecule has 0 amide bonds. The van der Waals surface area contributed by atoms with Crippen molar-refractivity contribution in [1.82, 2.24) is 0 Å². The molecule has 0 aliphatic heterocycles. The van der Waals surface area contributed by atoms with Gasteiger partial charge in [-0.05, 0) is 73.1 Å². The SMILES string of the molecule is C[C@H](CC1CCC(c2cc(F)c(C(=O)Oc3cc(F)c(C#N)c(F)c3)c(F)c2)CC1)c1ccccc1. The van der Waals surface area contributed by atoms with Gasteiger partial charge in [0, 0.05) is 12.1 Å². The van der Waals surface area contributed by atoms with Crippen molar-refractivity contribution in [3.63, 3.8) is 0 Å². The van der Waals surface area contributed by atoms with Crippen molar-refractivity contribution in [2.24, 2.45) is 5.92 Å². The summed E-state index contributed by atoms with van der Waals surface area (Å²) in [5.41, 5.74) is -0.000603. The van der Waals surface area contributed by atoms with E-state index in [-0.39, 0.29) is 5.92 Å². The van der Waals surface area contributed by atoms with E-state index in [4.69, 9.17) is 10.00 Å². The van der Waals surface area contributed by atoms with Crippen molar-refractivity contribution in [2.45, 2.75) is 50.9 Å². The zero-order valence-corrected chi connectivity index (χ0v) is 19.7. The fourth-order valence-corrected chi connectivity index (χ4v) is 5.05. The maximum atomic E-state index is 14.8. The van der Waals surface area contributed by atoms with Gasteiger partial charge in [-0.15, -0.1) is 0 Å². The number of ether oxygens (including phenoxy) is 1. The van der Waals surface area contributed by atoms with Gasteiger partial charge in [-0.2, -0.15) is 5.26 Å². The van der Waals surface area contributed by atoms with E-state index in [2.05, 4.69) is 19.1 Å². The van der Waals surface area contributed by atoms with E-state index in [1.165, 1.54) is 11.6 Å². The summed E-state index contributed by atoms with van der Waals surface area (Å²) in [7, 11) is 0. The van der Waals surface area contributed by atoms with Crippen LogP contribution in [0, 0.1) is 40.5 Å². The molecular formula is C29H25F4NO2. The van der Waals surface area contributed by atoms with Gasteiger partial charge in [-0.25, -0.2) is 22.4 Å². The second-order valence-electron chi connectivity index (χ2n) is 9.39. The topological polar surface area (TPSA) is 50.1 Å². The van der Waals surface area contributed by atoms with Gasteiger partial charge in [0.15, 0.2) is 0 Å². The van der Waals surface area contributed by atoms with Crippen LogP contribution in [0.4, 0.5) is 17.6 Å². The van der Waals surface area contributed by atoms with Crippen LogP contribution in [0.3, 0.4) is 0 Å². The highest BCUT2D eigenvalue weighted by molar-refractivity contribution is 5.91. The standard InChI is InChI=1S/C29H25F4NO2/c1-17(19-5-3-2-4-6-19)11-18-7-9-20(10-8-18)21-12-26(32)28(27(33)13-21)29(35)36-22-14-24(30)23(16-34)25(31)15-22/h2-6,12-15,17-18,20H,7-11H2,1H3/t17-,18?,20?/m1/s1. The van der Waals surface area contributed by atoms with Crippen LogP contribution in [0.25, 0.3) is 0 Å². The minimum Gasteiger partial charge on any atom is -0.423 e. The molecule has 1 aliphatic rings. The van der Waals surface area contributed by atoms with E-state index in [0.29, 0.717) is 29.5 Å². The zero-order valence-electron chi connectivity index (χ0n) is 19.7. The maximum Gasteiger partial charge on any atom is 0.349 e. The number of benzene rings is 3. The Hall–Kier alpha value is -3.66. The Morgan fingerprint density at radius 1 is 0.944 bits per heavy atom. The van der Waals surface area contributed by atoms with E-state index >= 15 is 0 Å². The Morgan fingerprint density at radius 3 is 2.08 bits per heavy atom.